The normalized spacial score (nSPS) is 19.3. The second-order valence-corrected chi connectivity index (χ2v) is 8.84. The molecule has 1 unspecified atom stereocenters. The number of ether oxygens (including phenoxy) is 1. The highest BCUT2D eigenvalue weighted by Crippen LogP contribution is 2.43. The van der Waals surface area contributed by atoms with Crippen LogP contribution in [-0.2, 0) is 28.0 Å². The highest BCUT2D eigenvalue weighted by Gasteiger charge is 2.44. The van der Waals surface area contributed by atoms with Crippen LogP contribution in [0, 0.1) is 0 Å². The predicted octanol–water partition coefficient (Wildman–Crippen LogP) is 4.24. The number of aryl methyl sites for hydroxylation is 1. The molecule has 32 heavy (non-hydrogen) atoms. The Labute approximate surface area is 190 Å². The highest BCUT2D eigenvalue weighted by atomic mass is 16.5. The van der Waals surface area contributed by atoms with Gasteiger partial charge in [0, 0.05) is 32.2 Å². The Morgan fingerprint density at radius 1 is 1.12 bits per heavy atom. The van der Waals surface area contributed by atoms with Crippen molar-refractivity contribution in [1.29, 1.82) is 0 Å². The van der Waals surface area contributed by atoms with E-state index in [9.17, 15) is 9.59 Å². The minimum atomic E-state index is -0.366. The van der Waals surface area contributed by atoms with E-state index in [1.165, 1.54) is 23.6 Å². The lowest BCUT2D eigenvalue weighted by Crippen LogP contribution is -2.51. The predicted molar refractivity (Wildman–Crippen MR) is 126 cm³/mol. The van der Waals surface area contributed by atoms with Crippen molar-refractivity contribution in [1.82, 2.24) is 10.2 Å². The number of benzene rings is 2. The first-order valence-electron chi connectivity index (χ1n) is 11.6. The molecule has 0 bridgehead atoms. The van der Waals surface area contributed by atoms with E-state index in [1.807, 2.05) is 23.1 Å². The van der Waals surface area contributed by atoms with Crippen molar-refractivity contribution in [2.45, 2.75) is 57.7 Å². The van der Waals surface area contributed by atoms with Gasteiger partial charge in [-0.15, -0.1) is 0 Å². The second kappa shape index (κ2) is 9.74. The summed E-state index contributed by atoms with van der Waals surface area (Å²) in [5.41, 5.74) is 4.26. The summed E-state index contributed by atoms with van der Waals surface area (Å²) in [5.74, 6) is -0.0142. The number of hydrogen-bond acceptors (Lipinski definition) is 3. The first kappa shape index (κ1) is 22.3. The topological polar surface area (TPSA) is 70.7 Å². The minimum absolute atomic E-state index is 0.0142. The van der Waals surface area contributed by atoms with Gasteiger partial charge >= 0.3 is 6.03 Å². The lowest BCUT2D eigenvalue weighted by molar-refractivity contribution is -0.137. The molecule has 2 aliphatic heterocycles. The van der Waals surface area contributed by atoms with Crippen molar-refractivity contribution in [3.63, 3.8) is 0 Å². The summed E-state index contributed by atoms with van der Waals surface area (Å²) in [6, 6.07) is 16.5. The number of nitrogens with zero attached hydrogens (tertiary/aromatic N) is 1. The van der Waals surface area contributed by atoms with Crippen LogP contribution in [0.5, 0.6) is 0 Å². The van der Waals surface area contributed by atoms with Crippen LogP contribution in [0.15, 0.2) is 48.5 Å². The SMILES string of the molecule is CCc1cccc(NC(=O)N2CCC3(CC2)OC(CCNC(C)=O)Cc2ccccc23)c1. The van der Waals surface area contributed by atoms with Gasteiger partial charge in [-0.05, 0) is 60.9 Å². The minimum Gasteiger partial charge on any atom is -0.367 e. The molecule has 0 aromatic heterocycles. The monoisotopic (exact) mass is 435 g/mol. The van der Waals surface area contributed by atoms with Crippen molar-refractivity contribution >= 4 is 17.6 Å². The molecule has 6 nitrogen and oxygen atoms in total. The lowest BCUT2D eigenvalue weighted by atomic mass is 9.78. The summed E-state index contributed by atoms with van der Waals surface area (Å²) < 4.78 is 6.69. The van der Waals surface area contributed by atoms with E-state index in [0.717, 1.165) is 37.8 Å². The fraction of sp³-hybridized carbons (Fsp3) is 0.462. The Morgan fingerprint density at radius 3 is 2.66 bits per heavy atom. The molecular weight excluding hydrogens is 402 g/mol. The lowest BCUT2D eigenvalue weighted by Gasteiger charge is -2.47. The summed E-state index contributed by atoms with van der Waals surface area (Å²) in [6.07, 6.45) is 4.18. The van der Waals surface area contributed by atoms with Crippen LogP contribution in [0.3, 0.4) is 0 Å². The molecule has 170 valence electrons. The average Bonchev–Trinajstić information content (AvgIpc) is 2.79. The largest absolute Gasteiger partial charge is 0.367 e. The number of urea groups is 1. The summed E-state index contributed by atoms with van der Waals surface area (Å²) in [4.78, 5) is 26.0. The van der Waals surface area contributed by atoms with E-state index in [1.54, 1.807) is 0 Å². The Hall–Kier alpha value is -2.86. The van der Waals surface area contributed by atoms with E-state index in [2.05, 4.69) is 47.9 Å². The van der Waals surface area contributed by atoms with Gasteiger partial charge in [0.2, 0.25) is 5.91 Å². The fourth-order valence-corrected chi connectivity index (χ4v) is 4.91. The molecule has 2 aromatic rings. The van der Waals surface area contributed by atoms with Crippen molar-refractivity contribution < 1.29 is 14.3 Å². The van der Waals surface area contributed by atoms with Gasteiger partial charge in [0.25, 0.3) is 0 Å². The van der Waals surface area contributed by atoms with Gasteiger partial charge in [-0.1, -0.05) is 43.3 Å². The molecule has 1 spiro atoms. The molecule has 1 fully saturated rings. The molecule has 0 saturated carbocycles. The molecule has 0 aliphatic carbocycles. The van der Waals surface area contributed by atoms with E-state index in [0.29, 0.717) is 19.6 Å². The molecule has 2 heterocycles. The highest BCUT2D eigenvalue weighted by molar-refractivity contribution is 5.89. The maximum atomic E-state index is 12.9. The van der Waals surface area contributed by atoms with Gasteiger partial charge < -0.3 is 20.3 Å². The number of nitrogens with one attached hydrogen (secondary N) is 2. The van der Waals surface area contributed by atoms with Gasteiger partial charge in [0.15, 0.2) is 0 Å². The van der Waals surface area contributed by atoms with Gasteiger partial charge in [-0.25, -0.2) is 4.79 Å². The van der Waals surface area contributed by atoms with Crippen LogP contribution >= 0.6 is 0 Å². The first-order chi connectivity index (χ1) is 15.5. The number of carbonyl (C=O) groups is 2. The summed E-state index contributed by atoms with van der Waals surface area (Å²) in [5, 5.41) is 5.93. The Balaban J connectivity index is 1.43. The maximum Gasteiger partial charge on any atom is 0.321 e. The number of likely N-dealkylation sites (tertiary alicyclic amines) is 1. The van der Waals surface area contributed by atoms with Crippen molar-refractivity contribution in [3.05, 3.63) is 65.2 Å². The number of hydrogen-bond donors (Lipinski definition) is 2. The summed E-state index contributed by atoms with van der Waals surface area (Å²) in [6.45, 7) is 5.55. The molecule has 1 atom stereocenters. The van der Waals surface area contributed by atoms with Crippen molar-refractivity contribution in [3.8, 4) is 0 Å². The number of piperidine rings is 1. The third-order valence-electron chi connectivity index (χ3n) is 6.63. The van der Waals surface area contributed by atoms with E-state index in [-0.39, 0.29) is 23.6 Å². The molecule has 1 saturated heterocycles. The number of amides is 3. The van der Waals surface area contributed by atoms with Gasteiger partial charge in [0.05, 0.1) is 11.7 Å². The third-order valence-corrected chi connectivity index (χ3v) is 6.63. The number of carbonyl (C=O) groups excluding carboxylic acids is 2. The number of rotatable bonds is 5. The molecule has 0 radical (unpaired) electrons. The zero-order chi connectivity index (χ0) is 22.6. The van der Waals surface area contributed by atoms with Crippen LogP contribution in [0.25, 0.3) is 0 Å². The first-order valence-corrected chi connectivity index (χ1v) is 11.6. The standard InChI is InChI=1S/C26H33N3O3/c1-3-20-7-6-9-22(17-20)28-25(31)29-15-12-26(13-16-29)24-10-5-4-8-21(24)18-23(32-26)11-14-27-19(2)30/h4-10,17,23H,3,11-16,18H2,1-2H3,(H,27,30)(H,28,31). The van der Waals surface area contributed by atoms with Crippen molar-refractivity contribution in [2.24, 2.45) is 0 Å². The van der Waals surface area contributed by atoms with Gasteiger partial charge in [-0.2, -0.15) is 0 Å². The molecule has 2 aliphatic rings. The molecule has 4 rings (SSSR count). The van der Waals surface area contributed by atoms with Crippen molar-refractivity contribution in [2.75, 3.05) is 25.0 Å². The smallest absolute Gasteiger partial charge is 0.321 e. The quantitative estimate of drug-likeness (QED) is 0.738. The van der Waals surface area contributed by atoms with Crippen LogP contribution in [0.1, 0.15) is 49.8 Å². The molecule has 2 N–H and O–H groups in total. The van der Waals surface area contributed by atoms with Gasteiger partial charge in [-0.3, -0.25) is 4.79 Å². The molecule has 2 aromatic carbocycles. The zero-order valence-electron chi connectivity index (χ0n) is 19.0. The Bertz CT molecular complexity index is 966. The van der Waals surface area contributed by atoms with E-state index in [4.69, 9.17) is 4.74 Å². The van der Waals surface area contributed by atoms with Crippen LogP contribution in [0.2, 0.25) is 0 Å². The second-order valence-electron chi connectivity index (χ2n) is 8.84. The molecule has 6 heteroatoms. The van der Waals surface area contributed by atoms with E-state index >= 15 is 0 Å². The maximum absolute atomic E-state index is 12.9. The number of fused-ring (bicyclic) bond motifs is 2. The summed E-state index contributed by atoms with van der Waals surface area (Å²) in [7, 11) is 0. The molecular formula is C26H33N3O3. The van der Waals surface area contributed by atoms with E-state index < -0.39 is 0 Å². The van der Waals surface area contributed by atoms with Crippen LogP contribution < -0.4 is 10.6 Å². The Morgan fingerprint density at radius 2 is 1.91 bits per heavy atom. The number of anilines is 1. The van der Waals surface area contributed by atoms with Gasteiger partial charge in [0.1, 0.15) is 0 Å². The Kier molecular flexibility index (Phi) is 6.80. The fourth-order valence-electron chi connectivity index (χ4n) is 4.91. The zero-order valence-corrected chi connectivity index (χ0v) is 19.0. The average molecular weight is 436 g/mol. The van der Waals surface area contributed by atoms with Crippen LogP contribution in [0.4, 0.5) is 10.5 Å². The molecule has 3 amide bonds. The summed E-state index contributed by atoms with van der Waals surface area (Å²) >= 11 is 0. The van der Waals surface area contributed by atoms with Crippen LogP contribution in [-0.4, -0.2) is 42.6 Å². The third kappa shape index (κ3) is 4.96.